The molecule has 1 unspecified atom stereocenters. The van der Waals surface area contributed by atoms with Gasteiger partial charge in [-0.3, -0.25) is 4.79 Å². The first-order valence-corrected chi connectivity index (χ1v) is 7.35. The standard InChI is InChI=1S/C14H27ClO2/c1-4-5-6-7-8-9-10-11-13(16)17-14(15)12(2)3/h12,14H,4-11H2,1-3H3. The smallest absolute Gasteiger partial charge is 0.307 e. The molecule has 0 heterocycles. The van der Waals surface area contributed by atoms with Crippen molar-refractivity contribution in [2.75, 3.05) is 0 Å². The van der Waals surface area contributed by atoms with E-state index in [2.05, 4.69) is 6.92 Å². The molecule has 0 N–H and O–H groups in total. The van der Waals surface area contributed by atoms with Crippen LogP contribution in [-0.4, -0.2) is 11.5 Å². The molecule has 0 aromatic rings. The summed E-state index contributed by atoms with van der Waals surface area (Å²) >= 11 is 5.86. The highest BCUT2D eigenvalue weighted by Gasteiger charge is 2.14. The lowest BCUT2D eigenvalue weighted by molar-refractivity contribution is -0.147. The van der Waals surface area contributed by atoms with E-state index < -0.39 is 5.56 Å². The van der Waals surface area contributed by atoms with E-state index in [0.717, 1.165) is 12.8 Å². The molecule has 0 aliphatic heterocycles. The predicted octanol–water partition coefficient (Wildman–Crippen LogP) is 4.89. The van der Waals surface area contributed by atoms with Crippen molar-refractivity contribution in [2.45, 2.75) is 77.7 Å². The van der Waals surface area contributed by atoms with E-state index in [0.29, 0.717) is 6.42 Å². The van der Waals surface area contributed by atoms with Gasteiger partial charge in [-0.1, -0.05) is 70.9 Å². The number of halogens is 1. The fraction of sp³-hybridized carbons (Fsp3) is 0.929. The Kier molecular flexibility index (Phi) is 10.7. The van der Waals surface area contributed by atoms with Crippen LogP contribution in [0, 0.1) is 5.92 Å². The van der Waals surface area contributed by atoms with Crippen LogP contribution < -0.4 is 0 Å². The highest BCUT2D eigenvalue weighted by molar-refractivity contribution is 6.20. The predicted molar refractivity (Wildman–Crippen MR) is 73.2 cm³/mol. The number of unbranched alkanes of at least 4 members (excludes halogenated alkanes) is 6. The normalized spacial score (nSPS) is 12.8. The molecule has 102 valence electrons. The number of hydrogen-bond donors (Lipinski definition) is 0. The quantitative estimate of drug-likeness (QED) is 0.318. The Hall–Kier alpha value is -0.240. The van der Waals surface area contributed by atoms with Crippen molar-refractivity contribution in [1.82, 2.24) is 0 Å². The summed E-state index contributed by atoms with van der Waals surface area (Å²) in [7, 11) is 0. The van der Waals surface area contributed by atoms with Gasteiger partial charge in [0, 0.05) is 12.3 Å². The van der Waals surface area contributed by atoms with Crippen molar-refractivity contribution in [1.29, 1.82) is 0 Å². The van der Waals surface area contributed by atoms with Crippen LogP contribution in [0.1, 0.15) is 72.1 Å². The molecule has 0 fully saturated rings. The Morgan fingerprint density at radius 1 is 1.06 bits per heavy atom. The molecule has 0 rings (SSSR count). The van der Waals surface area contributed by atoms with Crippen LogP contribution in [-0.2, 0) is 9.53 Å². The first kappa shape index (κ1) is 16.8. The minimum Gasteiger partial charge on any atom is -0.446 e. The van der Waals surface area contributed by atoms with Gasteiger partial charge in [-0.25, -0.2) is 0 Å². The summed E-state index contributed by atoms with van der Waals surface area (Å²) in [6.45, 7) is 6.10. The zero-order valence-electron chi connectivity index (χ0n) is 11.5. The second kappa shape index (κ2) is 10.9. The van der Waals surface area contributed by atoms with E-state index in [1.54, 1.807) is 0 Å². The molecule has 0 bridgehead atoms. The lowest BCUT2D eigenvalue weighted by Gasteiger charge is -2.14. The van der Waals surface area contributed by atoms with Gasteiger partial charge < -0.3 is 4.74 Å². The maximum atomic E-state index is 11.4. The number of esters is 1. The van der Waals surface area contributed by atoms with Crippen molar-refractivity contribution in [3.05, 3.63) is 0 Å². The van der Waals surface area contributed by atoms with Crippen molar-refractivity contribution < 1.29 is 9.53 Å². The largest absolute Gasteiger partial charge is 0.446 e. The molecule has 0 saturated heterocycles. The molecule has 0 aromatic heterocycles. The fourth-order valence-electron chi connectivity index (χ4n) is 1.55. The third-order valence-corrected chi connectivity index (χ3v) is 3.35. The second-order valence-electron chi connectivity index (χ2n) is 4.96. The molecule has 0 aliphatic rings. The highest BCUT2D eigenvalue weighted by Crippen LogP contribution is 2.13. The average molecular weight is 263 g/mol. The van der Waals surface area contributed by atoms with Crippen LogP contribution >= 0.6 is 11.6 Å². The van der Waals surface area contributed by atoms with Gasteiger partial charge in [0.2, 0.25) is 0 Å². The summed E-state index contributed by atoms with van der Waals surface area (Å²) in [6.07, 6.45) is 8.97. The van der Waals surface area contributed by atoms with E-state index in [-0.39, 0.29) is 11.9 Å². The van der Waals surface area contributed by atoms with Gasteiger partial charge in [-0.05, 0) is 6.42 Å². The third kappa shape index (κ3) is 10.6. The molecule has 0 aromatic carbocycles. The SMILES string of the molecule is CCCCCCCCCC(=O)OC(Cl)C(C)C. The number of carbonyl (C=O) groups excluding carboxylic acids is 1. The van der Waals surface area contributed by atoms with Crippen molar-refractivity contribution in [2.24, 2.45) is 5.92 Å². The summed E-state index contributed by atoms with van der Waals surface area (Å²) in [5, 5.41) is 0. The Balaban J connectivity index is 3.33. The summed E-state index contributed by atoms with van der Waals surface area (Å²) in [5.41, 5.74) is -0.480. The second-order valence-corrected chi connectivity index (χ2v) is 5.39. The number of alkyl halides is 1. The lowest BCUT2D eigenvalue weighted by atomic mass is 10.1. The van der Waals surface area contributed by atoms with Gasteiger partial charge in [-0.15, -0.1) is 0 Å². The number of hydrogen-bond acceptors (Lipinski definition) is 2. The van der Waals surface area contributed by atoms with E-state index in [4.69, 9.17) is 16.3 Å². The molecule has 0 amide bonds. The van der Waals surface area contributed by atoms with E-state index in [1.165, 1.54) is 32.1 Å². The zero-order valence-corrected chi connectivity index (χ0v) is 12.3. The zero-order chi connectivity index (χ0) is 13.1. The van der Waals surface area contributed by atoms with Gasteiger partial charge in [0.15, 0.2) is 5.56 Å². The van der Waals surface area contributed by atoms with Crippen LogP contribution in [0.25, 0.3) is 0 Å². The minimum atomic E-state index is -0.480. The number of carbonyl (C=O) groups is 1. The molecule has 2 nitrogen and oxygen atoms in total. The van der Waals surface area contributed by atoms with Gasteiger partial charge in [-0.2, -0.15) is 0 Å². The molecular formula is C14H27ClO2. The molecule has 0 saturated carbocycles. The molecule has 0 radical (unpaired) electrons. The molecule has 0 aliphatic carbocycles. The lowest BCUT2D eigenvalue weighted by Crippen LogP contribution is -2.17. The van der Waals surface area contributed by atoms with Crippen LogP contribution in [0.2, 0.25) is 0 Å². The maximum absolute atomic E-state index is 11.4. The summed E-state index contributed by atoms with van der Waals surface area (Å²) in [4.78, 5) is 11.4. The number of rotatable bonds is 10. The fourth-order valence-corrected chi connectivity index (χ4v) is 1.65. The van der Waals surface area contributed by atoms with E-state index in [1.807, 2.05) is 13.8 Å². The number of ether oxygens (including phenoxy) is 1. The van der Waals surface area contributed by atoms with Crippen LogP contribution in [0.4, 0.5) is 0 Å². The first-order chi connectivity index (χ1) is 8.07. The van der Waals surface area contributed by atoms with E-state index in [9.17, 15) is 4.79 Å². The van der Waals surface area contributed by atoms with Crippen molar-refractivity contribution in [3.63, 3.8) is 0 Å². The molecule has 3 heteroatoms. The van der Waals surface area contributed by atoms with Gasteiger partial charge in [0.25, 0.3) is 0 Å². The third-order valence-electron chi connectivity index (χ3n) is 2.75. The van der Waals surface area contributed by atoms with E-state index >= 15 is 0 Å². The van der Waals surface area contributed by atoms with Gasteiger partial charge in [0.1, 0.15) is 0 Å². The summed E-state index contributed by atoms with van der Waals surface area (Å²) in [6, 6.07) is 0. The van der Waals surface area contributed by atoms with Crippen molar-refractivity contribution >= 4 is 17.6 Å². The van der Waals surface area contributed by atoms with Crippen molar-refractivity contribution in [3.8, 4) is 0 Å². The average Bonchev–Trinajstić information content (AvgIpc) is 2.27. The molecule has 17 heavy (non-hydrogen) atoms. The minimum absolute atomic E-state index is 0.160. The van der Waals surface area contributed by atoms with Crippen LogP contribution in [0.3, 0.4) is 0 Å². The highest BCUT2D eigenvalue weighted by atomic mass is 35.5. The monoisotopic (exact) mass is 262 g/mol. The Morgan fingerprint density at radius 3 is 2.12 bits per heavy atom. The Morgan fingerprint density at radius 2 is 1.59 bits per heavy atom. The van der Waals surface area contributed by atoms with Gasteiger partial charge in [0.05, 0.1) is 0 Å². The Bertz CT molecular complexity index is 193. The maximum Gasteiger partial charge on any atom is 0.307 e. The molecular weight excluding hydrogens is 236 g/mol. The molecule has 0 spiro atoms. The van der Waals surface area contributed by atoms with Crippen LogP contribution in [0.15, 0.2) is 0 Å². The molecule has 1 atom stereocenters. The first-order valence-electron chi connectivity index (χ1n) is 6.91. The van der Waals surface area contributed by atoms with Gasteiger partial charge >= 0.3 is 5.97 Å². The summed E-state index contributed by atoms with van der Waals surface area (Å²) in [5.74, 6) is 0.0157. The van der Waals surface area contributed by atoms with Crippen LogP contribution in [0.5, 0.6) is 0 Å². The topological polar surface area (TPSA) is 26.3 Å². The Labute approximate surface area is 111 Å². The summed E-state index contributed by atoms with van der Waals surface area (Å²) < 4.78 is 5.08.